The molecule has 2 aliphatic rings. The fraction of sp³-hybridized carbons (Fsp3) is 0.324. The van der Waals surface area contributed by atoms with Crippen LogP contribution in [0, 0.1) is 6.92 Å². The lowest BCUT2D eigenvalue weighted by atomic mass is 9.90. The third-order valence-electron chi connectivity index (χ3n) is 8.53. The number of aryl methyl sites for hydroxylation is 1. The summed E-state index contributed by atoms with van der Waals surface area (Å²) in [7, 11) is 0. The number of benzene rings is 3. The van der Waals surface area contributed by atoms with Gasteiger partial charge in [0.25, 0.3) is 0 Å². The van der Waals surface area contributed by atoms with E-state index in [1.165, 1.54) is 11.8 Å². The molecule has 10 heteroatoms. The number of hydrogen-bond donors (Lipinski definition) is 2. The van der Waals surface area contributed by atoms with Gasteiger partial charge in [0.2, 0.25) is 11.8 Å². The normalized spacial score (nSPS) is 20.4. The minimum atomic E-state index is -1.14. The van der Waals surface area contributed by atoms with Gasteiger partial charge in [-0.25, -0.2) is 4.79 Å². The van der Waals surface area contributed by atoms with Gasteiger partial charge >= 0.3 is 6.03 Å². The Labute approximate surface area is 266 Å². The van der Waals surface area contributed by atoms with Crippen molar-refractivity contribution in [3.8, 4) is 0 Å². The largest absolute Gasteiger partial charge is 0.361 e. The standard InChI is InChI=1S/C34H36ClN5O3S/c1-3-36-33(43)39-18-16-38(17-19-39)32(42)34(44-26-14-8-23(2)9-15-26)20-30(41)40(22-24-10-12-25(35)13-11-24)31(34)28-21-37-29-7-5-4-6-27(28)29/h4-15,21,31,37H,3,16-20,22H2,1-2H3,(H,36,43)/t31-,34-/m0/s1. The summed E-state index contributed by atoms with van der Waals surface area (Å²) < 4.78 is -1.14. The van der Waals surface area contributed by atoms with Gasteiger partial charge in [0.05, 0.1) is 12.5 Å². The highest BCUT2D eigenvalue weighted by molar-refractivity contribution is 8.01. The second-order valence-corrected chi connectivity index (χ2v) is 13.3. The van der Waals surface area contributed by atoms with Crippen LogP contribution in [-0.4, -0.2) is 75.0 Å². The molecule has 2 N–H and O–H groups in total. The predicted octanol–water partition coefficient (Wildman–Crippen LogP) is 6.01. The summed E-state index contributed by atoms with van der Waals surface area (Å²) in [6.07, 6.45) is 2.01. The van der Waals surface area contributed by atoms with E-state index in [0.717, 1.165) is 32.5 Å². The number of amides is 4. The van der Waals surface area contributed by atoms with Crippen LogP contribution in [0.15, 0.2) is 83.9 Å². The molecule has 4 amide bonds. The molecule has 2 atom stereocenters. The van der Waals surface area contributed by atoms with E-state index in [1.54, 1.807) is 4.90 Å². The SMILES string of the molecule is CCNC(=O)N1CCN(C(=O)[C@]2(Sc3ccc(C)cc3)CC(=O)N(Cc3ccc(Cl)cc3)[C@H]2c2c[nH]c3ccccc23)CC1. The van der Waals surface area contributed by atoms with Crippen molar-refractivity contribution >= 4 is 52.1 Å². The molecule has 8 nitrogen and oxygen atoms in total. The topological polar surface area (TPSA) is 88.8 Å². The van der Waals surface area contributed by atoms with Crippen molar-refractivity contribution in [2.45, 2.75) is 42.5 Å². The van der Waals surface area contributed by atoms with Crippen LogP contribution in [0.4, 0.5) is 4.79 Å². The zero-order chi connectivity index (χ0) is 30.8. The molecule has 2 saturated heterocycles. The molecule has 2 aliphatic heterocycles. The van der Waals surface area contributed by atoms with E-state index in [0.29, 0.717) is 44.3 Å². The summed E-state index contributed by atoms with van der Waals surface area (Å²) in [5.74, 6) is -0.162. The molecule has 3 aromatic carbocycles. The molecule has 0 bridgehead atoms. The Morgan fingerprint density at radius 3 is 2.36 bits per heavy atom. The number of para-hydroxylation sites is 1. The highest BCUT2D eigenvalue weighted by Gasteiger charge is 2.59. The van der Waals surface area contributed by atoms with E-state index >= 15 is 4.79 Å². The van der Waals surface area contributed by atoms with Gasteiger partial charge < -0.3 is 25.0 Å². The Kier molecular flexibility index (Phi) is 8.60. The number of halogens is 1. The summed E-state index contributed by atoms with van der Waals surface area (Å²) in [5.41, 5.74) is 3.92. The van der Waals surface area contributed by atoms with Gasteiger partial charge in [0, 0.05) is 71.8 Å². The quantitative estimate of drug-likeness (QED) is 0.262. The molecular formula is C34H36ClN5O3S. The molecule has 0 spiro atoms. The number of fused-ring (bicyclic) bond motifs is 1. The van der Waals surface area contributed by atoms with Crippen molar-refractivity contribution in [3.63, 3.8) is 0 Å². The van der Waals surface area contributed by atoms with Gasteiger partial charge in [-0.05, 0) is 49.7 Å². The van der Waals surface area contributed by atoms with E-state index in [2.05, 4.69) is 10.3 Å². The molecule has 0 unspecified atom stereocenters. The van der Waals surface area contributed by atoms with Crippen LogP contribution in [-0.2, 0) is 16.1 Å². The fourth-order valence-corrected chi connectivity index (χ4v) is 7.91. The maximum atomic E-state index is 15.0. The molecule has 0 radical (unpaired) electrons. The van der Waals surface area contributed by atoms with Crippen molar-refractivity contribution in [2.75, 3.05) is 32.7 Å². The Bertz CT molecular complexity index is 1670. The van der Waals surface area contributed by atoms with E-state index in [1.807, 2.05) is 103 Å². The molecular weight excluding hydrogens is 594 g/mol. The van der Waals surface area contributed by atoms with E-state index in [9.17, 15) is 9.59 Å². The summed E-state index contributed by atoms with van der Waals surface area (Å²) in [6.45, 7) is 6.48. The highest BCUT2D eigenvalue weighted by atomic mass is 35.5. The van der Waals surface area contributed by atoms with Crippen LogP contribution in [0.3, 0.4) is 0 Å². The van der Waals surface area contributed by atoms with Crippen molar-refractivity contribution in [1.29, 1.82) is 0 Å². The minimum absolute atomic E-state index is 0.0542. The third-order valence-corrected chi connectivity index (χ3v) is 10.2. The van der Waals surface area contributed by atoms with Crippen LogP contribution in [0.1, 0.15) is 36.1 Å². The summed E-state index contributed by atoms with van der Waals surface area (Å²) in [5, 5.41) is 4.46. The summed E-state index contributed by atoms with van der Waals surface area (Å²) in [4.78, 5) is 51.5. The lowest BCUT2D eigenvalue weighted by Gasteiger charge is -2.42. The molecule has 2 fully saturated rings. The van der Waals surface area contributed by atoms with Gasteiger partial charge in [-0.15, -0.1) is 11.8 Å². The number of piperazine rings is 1. The first kappa shape index (κ1) is 30.1. The van der Waals surface area contributed by atoms with Gasteiger partial charge in [0.15, 0.2) is 0 Å². The Balaban J connectivity index is 1.45. The number of rotatable bonds is 7. The molecule has 0 aliphatic carbocycles. The lowest BCUT2D eigenvalue weighted by Crippen LogP contribution is -2.58. The third kappa shape index (κ3) is 5.78. The zero-order valence-corrected chi connectivity index (χ0v) is 26.5. The lowest BCUT2D eigenvalue weighted by molar-refractivity contribution is -0.136. The van der Waals surface area contributed by atoms with E-state index < -0.39 is 10.8 Å². The molecule has 6 rings (SSSR count). The van der Waals surface area contributed by atoms with Crippen molar-refractivity contribution in [3.05, 3.63) is 101 Å². The monoisotopic (exact) mass is 629 g/mol. The second kappa shape index (κ2) is 12.6. The van der Waals surface area contributed by atoms with E-state index in [4.69, 9.17) is 11.6 Å². The molecule has 0 saturated carbocycles. The number of aromatic amines is 1. The van der Waals surface area contributed by atoms with Gasteiger partial charge in [-0.2, -0.15) is 0 Å². The molecule has 4 aromatic rings. The second-order valence-electron chi connectivity index (χ2n) is 11.4. The van der Waals surface area contributed by atoms with Crippen LogP contribution in [0.5, 0.6) is 0 Å². The number of aromatic nitrogens is 1. The minimum Gasteiger partial charge on any atom is -0.361 e. The molecule has 228 valence electrons. The first-order valence-corrected chi connectivity index (χ1v) is 16.2. The average molecular weight is 630 g/mol. The number of likely N-dealkylation sites (tertiary alicyclic amines) is 1. The van der Waals surface area contributed by atoms with Crippen LogP contribution >= 0.6 is 23.4 Å². The number of H-pyrrole nitrogens is 1. The first-order chi connectivity index (χ1) is 21.3. The first-order valence-electron chi connectivity index (χ1n) is 15.0. The van der Waals surface area contributed by atoms with Crippen molar-refractivity contribution in [2.24, 2.45) is 0 Å². The summed E-state index contributed by atoms with van der Waals surface area (Å²) in [6, 6.07) is 23.0. The van der Waals surface area contributed by atoms with Gasteiger partial charge in [-0.1, -0.05) is 59.6 Å². The number of thioether (sulfide) groups is 1. The number of urea groups is 1. The molecule has 44 heavy (non-hydrogen) atoms. The fourth-order valence-electron chi connectivity index (χ4n) is 6.31. The number of nitrogens with zero attached hydrogens (tertiary/aromatic N) is 3. The maximum absolute atomic E-state index is 15.0. The Morgan fingerprint density at radius 2 is 1.66 bits per heavy atom. The number of carbonyl (C=O) groups excluding carboxylic acids is 3. The van der Waals surface area contributed by atoms with Gasteiger partial charge in [0.1, 0.15) is 4.75 Å². The van der Waals surface area contributed by atoms with Crippen molar-refractivity contribution in [1.82, 2.24) is 25.0 Å². The van der Waals surface area contributed by atoms with Crippen LogP contribution < -0.4 is 5.32 Å². The van der Waals surface area contributed by atoms with Crippen LogP contribution in [0.25, 0.3) is 10.9 Å². The molecule has 1 aromatic heterocycles. The van der Waals surface area contributed by atoms with Crippen LogP contribution in [0.2, 0.25) is 5.02 Å². The highest BCUT2D eigenvalue weighted by Crippen LogP contribution is 2.55. The Hall–Kier alpha value is -3.95. The maximum Gasteiger partial charge on any atom is 0.317 e. The summed E-state index contributed by atoms with van der Waals surface area (Å²) >= 11 is 7.67. The van der Waals surface area contributed by atoms with E-state index in [-0.39, 0.29) is 24.3 Å². The van der Waals surface area contributed by atoms with Gasteiger partial charge in [-0.3, -0.25) is 9.59 Å². The molecule has 3 heterocycles. The zero-order valence-electron chi connectivity index (χ0n) is 24.9. The number of hydrogen-bond acceptors (Lipinski definition) is 4. The Morgan fingerprint density at radius 1 is 0.977 bits per heavy atom. The number of carbonyl (C=O) groups is 3. The van der Waals surface area contributed by atoms with Crippen molar-refractivity contribution < 1.29 is 14.4 Å². The number of nitrogens with one attached hydrogen (secondary N) is 2. The smallest absolute Gasteiger partial charge is 0.317 e. The predicted molar refractivity (Wildman–Crippen MR) is 175 cm³/mol. The average Bonchev–Trinajstić information content (AvgIpc) is 3.57.